The first kappa shape index (κ1) is 20.7. The molecule has 5 rings (SSSR count). The number of rotatable bonds is 8. The van der Waals surface area contributed by atoms with Gasteiger partial charge in [-0.25, -0.2) is 4.98 Å². The molecule has 0 atom stereocenters. The number of hydrogen-bond donors (Lipinski definition) is 0. The topological polar surface area (TPSA) is 56.7 Å². The van der Waals surface area contributed by atoms with Gasteiger partial charge in [-0.3, -0.25) is 4.57 Å². The van der Waals surface area contributed by atoms with Crippen molar-refractivity contribution >= 4 is 23.1 Å². The predicted octanol–water partition coefficient (Wildman–Crippen LogP) is 6.56. The summed E-state index contributed by atoms with van der Waals surface area (Å²) in [6.07, 6.45) is 2.71. The third kappa shape index (κ3) is 4.54. The lowest BCUT2D eigenvalue weighted by atomic mass is 10.1. The summed E-state index contributed by atoms with van der Waals surface area (Å²) in [4.78, 5) is 4.84. The third-order valence-corrected chi connectivity index (χ3v) is 7.09. The van der Waals surface area contributed by atoms with E-state index in [0.29, 0.717) is 12.3 Å². The van der Waals surface area contributed by atoms with Gasteiger partial charge in [0.2, 0.25) is 5.82 Å². The normalized spacial score (nSPS) is 11.2. The van der Waals surface area contributed by atoms with Crippen LogP contribution in [0.5, 0.6) is 0 Å². The fourth-order valence-electron chi connectivity index (χ4n) is 3.42. The van der Waals surface area contributed by atoms with Gasteiger partial charge >= 0.3 is 0 Å². The number of aromatic nitrogens is 4. The van der Waals surface area contributed by atoms with Gasteiger partial charge in [-0.05, 0) is 29.7 Å². The second kappa shape index (κ2) is 9.54. The second-order valence-electron chi connectivity index (χ2n) is 7.34. The van der Waals surface area contributed by atoms with Crippen molar-refractivity contribution < 1.29 is 4.42 Å². The molecule has 5 nitrogen and oxygen atoms in total. The van der Waals surface area contributed by atoms with Crippen LogP contribution in [0, 0.1) is 0 Å². The molecule has 0 bridgehead atoms. The maximum atomic E-state index is 5.60. The van der Waals surface area contributed by atoms with Crippen molar-refractivity contribution in [3.05, 3.63) is 95.2 Å². The molecule has 0 spiro atoms. The van der Waals surface area contributed by atoms with E-state index in [4.69, 9.17) is 9.40 Å². The molecule has 0 amide bonds. The molecule has 0 aliphatic rings. The predicted molar refractivity (Wildman–Crippen MR) is 130 cm³/mol. The number of furan rings is 1. The van der Waals surface area contributed by atoms with Crippen molar-refractivity contribution in [1.29, 1.82) is 0 Å². The number of aryl methyl sites for hydroxylation is 1. The number of nitrogens with zero attached hydrogens (tertiary/aromatic N) is 4. The first-order chi connectivity index (χ1) is 15.8. The van der Waals surface area contributed by atoms with Crippen molar-refractivity contribution in [1.82, 2.24) is 19.7 Å². The highest BCUT2D eigenvalue weighted by Crippen LogP contribution is 2.30. The molecule has 5 aromatic rings. The first-order valence-corrected chi connectivity index (χ1v) is 12.3. The van der Waals surface area contributed by atoms with Gasteiger partial charge in [0.25, 0.3) is 0 Å². The standard InChI is InChI=1S/C25H22N4OS2/c1-2-18-10-12-20(13-11-18)24-26-21(16-31-24)17-32-25-28-27-23(22-9-6-14-30-22)29(25)15-19-7-4-3-5-8-19/h3-14,16H,2,15,17H2,1H3. The van der Waals surface area contributed by atoms with Crippen LogP contribution in [0.1, 0.15) is 23.7 Å². The average molecular weight is 459 g/mol. The molecule has 7 heteroatoms. The van der Waals surface area contributed by atoms with Gasteiger partial charge in [0.15, 0.2) is 10.9 Å². The Kier molecular flexibility index (Phi) is 6.18. The second-order valence-corrected chi connectivity index (χ2v) is 9.14. The lowest BCUT2D eigenvalue weighted by Crippen LogP contribution is -2.04. The van der Waals surface area contributed by atoms with Crippen molar-refractivity contribution in [2.75, 3.05) is 0 Å². The van der Waals surface area contributed by atoms with Crippen molar-refractivity contribution in [2.45, 2.75) is 30.8 Å². The van der Waals surface area contributed by atoms with Gasteiger partial charge in [0, 0.05) is 16.7 Å². The van der Waals surface area contributed by atoms with Crippen LogP contribution in [0.15, 0.2) is 87.9 Å². The first-order valence-electron chi connectivity index (χ1n) is 10.5. The number of thioether (sulfide) groups is 1. The van der Waals surface area contributed by atoms with Gasteiger partial charge in [-0.15, -0.1) is 21.5 Å². The summed E-state index contributed by atoms with van der Waals surface area (Å²) in [5, 5.41) is 12.9. The summed E-state index contributed by atoms with van der Waals surface area (Å²) in [7, 11) is 0. The van der Waals surface area contributed by atoms with E-state index in [1.165, 1.54) is 11.1 Å². The summed E-state index contributed by atoms with van der Waals surface area (Å²) in [5.41, 5.74) is 4.74. The quantitative estimate of drug-likeness (QED) is 0.246. The summed E-state index contributed by atoms with van der Waals surface area (Å²) in [6.45, 7) is 2.85. The number of hydrogen-bond acceptors (Lipinski definition) is 6. The molecular weight excluding hydrogens is 436 g/mol. The van der Waals surface area contributed by atoms with E-state index in [9.17, 15) is 0 Å². The van der Waals surface area contributed by atoms with Gasteiger partial charge in [-0.1, -0.05) is 73.3 Å². The smallest absolute Gasteiger partial charge is 0.200 e. The van der Waals surface area contributed by atoms with Crippen molar-refractivity contribution in [2.24, 2.45) is 0 Å². The molecule has 3 heterocycles. The van der Waals surface area contributed by atoms with Crippen LogP contribution in [0.2, 0.25) is 0 Å². The Morgan fingerprint density at radius 3 is 2.53 bits per heavy atom. The molecule has 0 saturated carbocycles. The van der Waals surface area contributed by atoms with E-state index < -0.39 is 0 Å². The molecule has 32 heavy (non-hydrogen) atoms. The highest BCUT2D eigenvalue weighted by atomic mass is 32.2. The monoisotopic (exact) mass is 458 g/mol. The fraction of sp³-hybridized carbons (Fsp3) is 0.160. The molecule has 3 aromatic heterocycles. The Balaban J connectivity index is 1.36. The zero-order valence-corrected chi connectivity index (χ0v) is 19.3. The lowest BCUT2D eigenvalue weighted by Gasteiger charge is -2.09. The van der Waals surface area contributed by atoms with Gasteiger partial charge in [-0.2, -0.15) is 0 Å². The van der Waals surface area contributed by atoms with E-state index in [1.54, 1.807) is 29.4 Å². The molecule has 2 aromatic carbocycles. The summed E-state index contributed by atoms with van der Waals surface area (Å²) in [5.74, 6) is 2.18. The molecule has 0 aliphatic carbocycles. The zero-order chi connectivity index (χ0) is 21.8. The van der Waals surface area contributed by atoms with Crippen LogP contribution in [-0.2, 0) is 18.7 Å². The van der Waals surface area contributed by atoms with Crippen LogP contribution in [0.25, 0.3) is 22.2 Å². The van der Waals surface area contributed by atoms with Crippen molar-refractivity contribution in [3.8, 4) is 22.2 Å². The molecule has 0 radical (unpaired) electrons. The van der Waals surface area contributed by atoms with E-state index >= 15 is 0 Å². The average Bonchev–Trinajstić information content (AvgIpc) is 3.60. The lowest BCUT2D eigenvalue weighted by molar-refractivity contribution is 0.569. The molecule has 160 valence electrons. The van der Waals surface area contributed by atoms with Crippen LogP contribution < -0.4 is 0 Å². The minimum atomic E-state index is 0.679. The number of benzene rings is 2. The summed E-state index contributed by atoms with van der Waals surface area (Å²) < 4.78 is 7.71. The minimum absolute atomic E-state index is 0.679. The van der Waals surface area contributed by atoms with Crippen LogP contribution in [0.3, 0.4) is 0 Å². The zero-order valence-electron chi connectivity index (χ0n) is 17.6. The molecule has 0 N–H and O–H groups in total. The van der Waals surface area contributed by atoms with E-state index in [1.807, 2.05) is 30.3 Å². The van der Waals surface area contributed by atoms with E-state index in [2.05, 4.69) is 63.5 Å². The third-order valence-electron chi connectivity index (χ3n) is 5.15. The highest BCUT2D eigenvalue weighted by Gasteiger charge is 2.17. The SMILES string of the molecule is CCc1ccc(-c2nc(CSc3nnc(-c4ccco4)n3Cc3ccccc3)cs2)cc1. The fourth-order valence-corrected chi connectivity index (χ4v) is 5.18. The van der Waals surface area contributed by atoms with Crippen molar-refractivity contribution in [3.63, 3.8) is 0 Å². The van der Waals surface area contributed by atoms with Crippen LogP contribution in [-0.4, -0.2) is 19.7 Å². The molecule has 0 aliphatic heterocycles. The Morgan fingerprint density at radius 2 is 1.78 bits per heavy atom. The molecule has 0 unspecified atom stereocenters. The molecular formula is C25H22N4OS2. The largest absolute Gasteiger partial charge is 0.461 e. The van der Waals surface area contributed by atoms with E-state index in [0.717, 1.165) is 39.4 Å². The number of thiazole rings is 1. The molecule has 0 saturated heterocycles. The summed E-state index contributed by atoms with van der Waals surface area (Å²) >= 11 is 3.32. The Hall–Kier alpha value is -3.16. The Bertz CT molecular complexity index is 1280. The van der Waals surface area contributed by atoms with Gasteiger partial charge < -0.3 is 4.42 Å². The Labute approximate surface area is 195 Å². The maximum absolute atomic E-state index is 5.60. The van der Waals surface area contributed by atoms with Crippen LogP contribution in [0.4, 0.5) is 0 Å². The molecule has 0 fully saturated rings. The summed E-state index contributed by atoms with van der Waals surface area (Å²) in [6, 6.07) is 22.8. The van der Waals surface area contributed by atoms with E-state index in [-0.39, 0.29) is 0 Å². The highest BCUT2D eigenvalue weighted by molar-refractivity contribution is 7.98. The maximum Gasteiger partial charge on any atom is 0.200 e. The van der Waals surface area contributed by atoms with Gasteiger partial charge in [0.05, 0.1) is 18.5 Å². The van der Waals surface area contributed by atoms with Crippen LogP contribution >= 0.6 is 23.1 Å². The van der Waals surface area contributed by atoms with Gasteiger partial charge in [0.1, 0.15) is 5.01 Å². The minimum Gasteiger partial charge on any atom is -0.461 e. The Morgan fingerprint density at radius 1 is 0.938 bits per heavy atom.